The Morgan fingerprint density at radius 2 is 2.38 bits per heavy atom. The van der Waals surface area contributed by atoms with Crippen LogP contribution < -0.4 is 16.6 Å². The third-order valence-corrected chi connectivity index (χ3v) is 4.09. The summed E-state index contributed by atoms with van der Waals surface area (Å²) in [5.74, 6) is 6.03. The molecule has 1 heterocycles. The highest BCUT2D eigenvalue weighted by Gasteiger charge is 2.23. The van der Waals surface area contributed by atoms with Gasteiger partial charge in [-0.2, -0.15) is 11.8 Å². The number of aromatic nitrogens is 1. The molecular formula is C11H18N4S. The maximum absolute atomic E-state index is 5.33. The summed E-state index contributed by atoms with van der Waals surface area (Å²) in [5.41, 5.74) is 3.65. The summed E-state index contributed by atoms with van der Waals surface area (Å²) in [7, 11) is 0. The highest BCUT2D eigenvalue weighted by atomic mass is 32.2. The van der Waals surface area contributed by atoms with E-state index in [1.54, 1.807) is 6.20 Å². The van der Waals surface area contributed by atoms with Gasteiger partial charge in [0.25, 0.3) is 0 Å². The Kier molecular flexibility index (Phi) is 3.90. The molecule has 2 rings (SSSR count). The van der Waals surface area contributed by atoms with Crippen molar-refractivity contribution in [2.75, 3.05) is 17.0 Å². The third-order valence-electron chi connectivity index (χ3n) is 3.00. The summed E-state index contributed by atoms with van der Waals surface area (Å²) in [6.07, 6.45) is 7.76. The van der Waals surface area contributed by atoms with Crippen LogP contribution in [0.5, 0.6) is 0 Å². The van der Waals surface area contributed by atoms with Gasteiger partial charge in [0.2, 0.25) is 0 Å². The van der Waals surface area contributed by atoms with Crippen molar-refractivity contribution in [1.29, 1.82) is 0 Å². The van der Waals surface area contributed by atoms with Gasteiger partial charge in [-0.3, -0.25) is 0 Å². The summed E-state index contributed by atoms with van der Waals surface area (Å²) in [6, 6.07) is 4.50. The van der Waals surface area contributed by atoms with E-state index in [0.29, 0.717) is 11.9 Å². The quantitative estimate of drug-likeness (QED) is 0.553. The van der Waals surface area contributed by atoms with Crippen molar-refractivity contribution in [3.05, 3.63) is 18.3 Å². The van der Waals surface area contributed by atoms with E-state index in [4.69, 9.17) is 5.84 Å². The molecule has 0 spiro atoms. The van der Waals surface area contributed by atoms with Crippen molar-refractivity contribution < 1.29 is 0 Å². The molecule has 0 aromatic carbocycles. The van der Waals surface area contributed by atoms with E-state index < -0.39 is 0 Å². The second kappa shape index (κ2) is 5.41. The van der Waals surface area contributed by atoms with Gasteiger partial charge in [0.15, 0.2) is 0 Å². The highest BCUT2D eigenvalue weighted by Crippen LogP contribution is 2.30. The van der Waals surface area contributed by atoms with Gasteiger partial charge >= 0.3 is 0 Å². The van der Waals surface area contributed by atoms with Gasteiger partial charge in [-0.1, -0.05) is 0 Å². The highest BCUT2D eigenvalue weighted by molar-refractivity contribution is 7.99. The average molecular weight is 238 g/mol. The van der Waals surface area contributed by atoms with Crippen molar-refractivity contribution in [3.63, 3.8) is 0 Å². The molecule has 0 bridgehead atoms. The molecule has 2 atom stereocenters. The van der Waals surface area contributed by atoms with Crippen LogP contribution in [0.15, 0.2) is 18.3 Å². The minimum atomic E-state index is 0.588. The van der Waals surface area contributed by atoms with Crippen LogP contribution in [0.2, 0.25) is 0 Å². The van der Waals surface area contributed by atoms with Gasteiger partial charge in [-0.15, -0.1) is 0 Å². The molecular weight excluding hydrogens is 220 g/mol. The van der Waals surface area contributed by atoms with E-state index in [1.165, 1.54) is 19.3 Å². The SMILES string of the molecule is CSC1CCC(Nc2ccnc(NN)c2)C1. The third kappa shape index (κ3) is 2.80. The second-order valence-electron chi connectivity index (χ2n) is 4.09. The maximum Gasteiger partial charge on any atom is 0.141 e. The number of hydrogen-bond acceptors (Lipinski definition) is 5. The molecule has 0 radical (unpaired) electrons. The van der Waals surface area contributed by atoms with E-state index in [9.17, 15) is 0 Å². The van der Waals surface area contributed by atoms with Crippen molar-refractivity contribution in [2.45, 2.75) is 30.6 Å². The van der Waals surface area contributed by atoms with Crippen LogP contribution in [0.1, 0.15) is 19.3 Å². The molecule has 4 N–H and O–H groups in total. The maximum atomic E-state index is 5.33. The first-order valence-electron chi connectivity index (χ1n) is 5.54. The Labute approximate surface area is 100 Å². The zero-order chi connectivity index (χ0) is 11.4. The van der Waals surface area contributed by atoms with E-state index in [1.807, 2.05) is 23.9 Å². The summed E-state index contributed by atoms with van der Waals surface area (Å²) in [5, 5.41) is 4.34. The van der Waals surface area contributed by atoms with Crippen LogP contribution in [-0.4, -0.2) is 22.5 Å². The molecule has 1 fully saturated rings. The molecule has 0 aliphatic heterocycles. The first-order valence-corrected chi connectivity index (χ1v) is 6.82. The van der Waals surface area contributed by atoms with Crippen molar-refractivity contribution in [2.24, 2.45) is 5.84 Å². The number of nitrogens with zero attached hydrogens (tertiary/aromatic N) is 1. The molecule has 1 aromatic heterocycles. The molecule has 2 unspecified atom stereocenters. The van der Waals surface area contributed by atoms with E-state index in [0.717, 1.165) is 10.9 Å². The minimum absolute atomic E-state index is 0.588. The number of hydrogen-bond donors (Lipinski definition) is 3. The normalized spacial score (nSPS) is 24.4. The number of pyridine rings is 1. The first kappa shape index (κ1) is 11.5. The monoisotopic (exact) mass is 238 g/mol. The van der Waals surface area contributed by atoms with E-state index in [2.05, 4.69) is 22.0 Å². The summed E-state index contributed by atoms with van der Waals surface area (Å²) >= 11 is 1.97. The van der Waals surface area contributed by atoms with Crippen LogP contribution >= 0.6 is 11.8 Å². The van der Waals surface area contributed by atoms with Crippen LogP contribution in [0.25, 0.3) is 0 Å². The molecule has 5 heteroatoms. The number of anilines is 2. The van der Waals surface area contributed by atoms with Crippen LogP contribution in [0, 0.1) is 0 Å². The van der Waals surface area contributed by atoms with Crippen molar-refractivity contribution in [1.82, 2.24) is 4.98 Å². The zero-order valence-corrected chi connectivity index (χ0v) is 10.3. The summed E-state index contributed by atoms with van der Waals surface area (Å²) in [6.45, 7) is 0. The predicted molar refractivity (Wildman–Crippen MR) is 70.6 cm³/mol. The summed E-state index contributed by atoms with van der Waals surface area (Å²) < 4.78 is 0. The Morgan fingerprint density at radius 3 is 3.06 bits per heavy atom. The molecule has 0 saturated heterocycles. The van der Waals surface area contributed by atoms with Gasteiger partial charge in [-0.25, -0.2) is 10.8 Å². The smallest absolute Gasteiger partial charge is 0.141 e. The van der Waals surface area contributed by atoms with Gasteiger partial charge in [0, 0.05) is 29.2 Å². The number of thioether (sulfide) groups is 1. The number of nitrogens with one attached hydrogen (secondary N) is 2. The van der Waals surface area contributed by atoms with E-state index in [-0.39, 0.29) is 0 Å². The number of nitrogens with two attached hydrogens (primary N) is 1. The standard InChI is InChI=1S/C11H18N4S/c1-16-10-3-2-8(6-10)14-9-4-5-13-11(7-9)15-12/h4-5,7-8,10H,2-3,6,12H2,1H3,(H2,13,14,15). The molecule has 16 heavy (non-hydrogen) atoms. The fourth-order valence-corrected chi connectivity index (χ4v) is 2.92. The lowest BCUT2D eigenvalue weighted by molar-refractivity contribution is 0.757. The molecule has 1 aliphatic rings. The van der Waals surface area contributed by atoms with Crippen LogP contribution in [0.3, 0.4) is 0 Å². The van der Waals surface area contributed by atoms with E-state index >= 15 is 0 Å². The number of hydrazine groups is 1. The molecule has 88 valence electrons. The molecule has 1 aliphatic carbocycles. The zero-order valence-electron chi connectivity index (χ0n) is 9.44. The molecule has 4 nitrogen and oxygen atoms in total. The van der Waals surface area contributed by atoms with Gasteiger partial charge in [-0.05, 0) is 31.6 Å². The minimum Gasteiger partial charge on any atom is -0.382 e. The fraction of sp³-hybridized carbons (Fsp3) is 0.545. The Bertz CT molecular complexity index is 345. The second-order valence-corrected chi connectivity index (χ2v) is 5.22. The van der Waals surface area contributed by atoms with Gasteiger partial charge < -0.3 is 10.7 Å². The van der Waals surface area contributed by atoms with Crippen LogP contribution in [0.4, 0.5) is 11.5 Å². The van der Waals surface area contributed by atoms with Crippen LogP contribution in [-0.2, 0) is 0 Å². The Balaban J connectivity index is 1.94. The summed E-state index contributed by atoms with van der Waals surface area (Å²) in [4.78, 5) is 4.08. The molecule has 1 aromatic rings. The molecule has 0 amide bonds. The van der Waals surface area contributed by atoms with Crippen molar-refractivity contribution in [3.8, 4) is 0 Å². The molecule has 1 saturated carbocycles. The largest absolute Gasteiger partial charge is 0.382 e. The Hall–Kier alpha value is -0.940. The number of rotatable bonds is 4. The fourth-order valence-electron chi connectivity index (χ4n) is 2.12. The average Bonchev–Trinajstić information content (AvgIpc) is 2.77. The lowest BCUT2D eigenvalue weighted by atomic mass is 10.2. The lowest BCUT2D eigenvalue weighted by Crippen LogP contribution is -2.16. The topological polar surface area (TPSA) is 63.0 Å². The lowest BCUT2D eigenvalue weighted by Gasteiger charge is -2.14. The van der Waals surface area contributed by atoms with Gasteiger partial charge in [0.05, 0.1) is 0 Å². The predicted octanol–water partition coefficient (Wildman–Crippen LogP) is 2.06. The van der Waals surface area contributed by atoms with Crippen molar-refractivity contribution >= 4 is 23.3 Å². The number of nitrogen functional groups attached to an aromatic ring is 1. The first-order chi connectivity index (χ1) is 7.81. The van der Waals surface area contributed by atoms with Gasteiger partial charge in [0.1, 0.15) is 5.82 Å². The Morgan fingerprint density at radius 1 is 1.50 bits per heavy atom.